The molecule has 4 nitrogen and oxygen atoms in total. The minimum Gasteiger partial charge on any atom is -0.478 e. The Morgan fingerprint density at radius 1 is 1.18 bits per heavy atom. The molecule has 2 aromatic heterocycles. The Hall–Kier alpha value is -2.23. The lowest BCUT2D eigenvalue weighted by Crippen LogP contribution is -2.02. The molecule has 0 saturated carbocycles. The Labute approximate surface area is 99.0 Å². The van der Waals surface area contributed by atoms with E-state index in [9.17, 15) is 4.79 Å². The van der Waals surface area contributed by atoms with Crippen LogP contribution in [0, 0.1) is 13.8 Å². The van der Waals surface area contributed by atoms with Gasteiger partial charge in [0.2, 0.25) is 0 Å². The summed E-state index contributed by atoms with van der Waals surface area (Å²) in [4.78, 5) is 19.3. The molecule has 0 fully saturated rings. The largest absolute Gasteiger partial charge is 0.478 e. The van der Waals surface area contributed by atoms with Crippen LogP contribution in [0.1, 0.15) is 21.7 Å². The molecule has 0 aliphatic rings. The van der Waals surface area contributed by atoms with Gasteiger partial charge in [0.25, 0.3) is 0 Å². The number of carboxylic acids is 1. The van der Waals surface area contributed by atoms with Crippen LogP contribution in [-0.2, 0) is 0 Å². The zero-order chi connectivity index (χ0) is 12.4. The second-order valence-electron chi connectivity index (χ2n) is 3.82. The van der Waals surface area contributed by atoms with E-state index in [-0.39, 0.29) is 5.56 Å². The summed E-state index contributed by atoms with van der Waals surface area (Å²) < 4.78 is 0. The topological polar surface area (TPSA) is 63.1 Å². The number of hydrogen-bond acceptors (Lipinski definition) is 3. The quantitative estimate of drug-likeness (QED) is 0.857. The van der Waals surface area contributed by atoms with E-state index < -0.39 is 5.97 Å². The van der Waals surface area contributed by atoms with Crippen LogP contribution in [0.15, 0.2) is 30.5 Å². The Kier molecular flexibility index (Phi) is 2.87. The van der Waals surface area contributed by atoms with Gasteiger partial charge in [-0.1, -0.05) is 0 Å². The molecule has 0 aliphatic heterocycles. The minimum absolute atomic E-state index is 0.230. The highest BCUT2D eigenvalue weighted by Gasteiger charge is 2.09. The van der Waals surface area contributed by atoms with Crippen molar-refractivity contribution in [3.8, 4) is 11.3 Å². The van der Waals surface area contributed by atoms with Gasteiger partial charge in [0.15, 0.2) is 0 Å². The Morgan fingerprint density at radius 2 is 1.94 bits per heavy atom. The van der Waals surface area contributed by atoms with Crippen molar-refractivity contribution in [2.24, 2.45) is 0 Å². The molecule has 86 valence electrons. The van der Waals surface area contributed by atoms with Crippen LogP contribution in [0.5, 0.6) is 0 Å². The number of rotatable bonds is 2. The Bertz CT molecular complexity index is 562. The smallest absolute Gasteiger partial charge is 0.337 e. The first-order valence-electron chi connectivity index (χ1n) is 5.22. The van der Waals surface area contributed by atoms with Crippen LogP contribution >= 0.6 is 0 Å². The van der Waals surface area contributed by atoms with Crippen LogP contribution in [0.3, 0.4) is 0 Å². The summed E-state index contributed by atoms with van der Waals surface area (Å²) in [6, 6.07) is 7.09. The average molecular weight is 228 g/mol. The van der Waals surface area contributed by atoms with Gasteiger partial charge in [-0.25, -0.2) is 4.79 Å². The van der Waals surface area contributed by atoms with Gasteiger partial charge in [-0.2, -0.15) is 0 Å². The molecule has 0 unspecified atom stereocenters. The van der Waals surface area contributed by atoms with Crippen LogP contribution in [0.2, 0.25) is 0 Å². The highest BCUT2D eigenvalue weighted by atomic mass is 16.4. The second kappa shape index (κ2) is 4.33. The molecule has 2 rings (SSSR count). The van der Waals surface area contributed by atoms with Crippen molar-refractivity contribution in [1.29, 1.82) is 0 Å². The van der Waals surface area contributed by atoms with E-state index in [4.69, 9.17) is 5.11 Å². The third-order valence-corrected chi connectivity index (χ3v) is 2.52. The summed E-state index contributed by atoms with van der Waals surface area (Å²) in [5.74, 6) is -0.955. The molecule has 0 saturated heterocycles. The first-order chi connectivity index (χ1) is 8.08. The van der Waals surface area contributed by atoms with Crippen molar-refractivity contribution in [3.05, 3.63) is 47.4 Å². The number of carbonyl (C=O) groups is 1. The molecule has 0 spiro atoms. The highest BCUT2D eigenvalue weighted by Crippen LogP contribution is 2.18. The van der Waals surface area contributed by atoms with E-state index in [0.717, 1.165) is 17.0 Å². The van der Waals surface area contributed by atoms with Crippen LogP contribution < -0.4 is 0 Å². The van der Waals surface area contributed by atoms with Gasteiger partial charge in [-0.05, 0) is 38.1 Å². The molecule has 0 amide bonds. The highest BCUT2D eigenvalue weighted by molar-refractivity contribution is 5.89. The van der Waals surface area contributed by atoms with Crippen molar-refractivity contribution in [1.82, 2.24) is 9.97 Å². The third-order valence-electron chi connectivity index (χ3n) is 2.52. The molecule has 0 radical (unpaired) electrons. The second-order valence-corrected chi connectivity index (χ2v) is 3.82. The molecule has 0 atom stereocenters. The summed E-state index contributed by atoms with van der Waals surface area (Å²) >= 11 is 0. The number of aromatic nitrogens is 2. The third kappa shape index (κ3) is 2.30. The normalized spacial score (nSPS) is 10.2. The molecular weight excluding hydrogens is 216 g/mol. The zero-order valence-corrected chi connectivity index (χ0v) is 9.64. The standard InChI is InChI=1S/C13H12N2O2/c1-8-3-4-10(7-14-8)12-6-5-11(13(16)17)9(2)15-12/h3-7H,1-2H3,(H,16,17). The number of aryl methyl sites for hydroxylation is 2. The van der Waals surface area contributed by atoms with Crippen molar-refractivity contribution in [2.75, 3.05) is 0 Å². The lowest BCUT2D eigenvalue weighted by atomic mass is 10.1. The molecule has 17 heavy (non-hydrogen) atoms. The number of nitrogens with zero attached hydrogens (tertiary/aromatic N) is 2. The van der Waals surface area contributed by atoms with Crippen LogP contribution in [0.4, 0.5) is 0 Å². The van der Waals surface area contributed by atoms with Crippen LogP contribution in [-0.4, -0.2) is 21.0 Å². The Balaban J connectivity index is 2.44. The van der Waals surface area contributed by atoms with Crippen LogP contribution in [0.25, 0.3) is 11.3 Å². The van der Waals surface area contributed by atoms with Gasteiger partial charge in [-0.15, -0.1) is 0 Å². The molecule has 1 N–H and O–H groups in total. The van der Waals surface area contributed by atoms with Gasteiger partial charge in [0, 0.05) is 17.5 Å². The van der Waals surface area contributed by atoms with E-state index in [1.54, 1.807) is 25.3 Å². The molecule has 0 bridgehead atoms. The van der Waals surface area contributed by atoms with Gasteiger partial charge in [0.1, 0.15) is 0 Å². The van der Waals surface area contributed by atoms with Gasteiger partial charge in [-0.3, -0.25) is 9.97 Å². The molecule has 2 heterocycles. The maximum atomic E-state index is 10.9. The van der Waals surface area contributed by atoms with E-state index in [1.165, 1.54) is 0 Å². The summed E-state index contributed by atoms with van der Waals surface area (Å²) in [7, 11) is 0. The zero-order valence-electron chi connectivity index (χ0n) is 9.64. The van der Waals surface area contributed by atoms with Gasteiger partial charge >= 0.3 is 5.97 Å². The number of carboxylic acid groups (broad SMARTS) is 1. The minimum atomic E-state index is -0.955. The van der Waals surface area contributed by atoms with Crippen molar-refractivity contribution in [2.45, 2.75) is 13.8 Å². The lowest BCUT2D eigenvalue weighted by Gasteiger charge is -2.04. The lowest BCUT2D eigenvalue weighted by molar-refractivity contribution is 0.0695. The predicted molar refractivity (Wildman–Crippen MR) is 63.9 cm³/mol. The van der Waals surface area contributed by atoms with Crippen molar-refractivity contribution < 1.29 is 9.90 Å². The molecule has 0 aromatic carbocycles. The van der Waals surface area contributed by atoms with E-state index in [0.29, 0.717) is 5.69 Å². The molecule has 0 aliphatic carbocycles. The fourth-order valence-electron chi connectivity index (χ4n) is 1.57. The van der Waals surface area contributed by atoms with Crippen molar-refractivity contribution in [3.63, 3.8) is 0 Å². The Morgan fingerprint density at radius 3 is 2.47 bits per heavy atom. The SMILES string of the molecule is Cc1ccc(-c2ccc(C(=O)O)c(C)n2)cn1. The summed E-state index contributed by atoms with van der Waals surface area (Å²) in [5.41, 5.74) is 3.30. The first-order valence-corrected chi connectivity index (χ1v) is 5.22. The first kappa shape index (κ1) is 11.3. The maximum Gasteiger partial charge on any atom is 0.337 e. The van der Waals surface area contributed by atoms with E-state index in [2.05, 4.69) is 9.97 Å². The molecular formula is C13H12N2O2. The van der Waals surface area contributed by atoms with Crippen molar-refractivity contribution >= 4 is 5.97 Å². The van der Waals surface area contributed by atoms with Gasteiger partial charge < -0.3 is 5.11 Å². The monoisotopic (exact) mass is 228 g/mol. The summed E-state index contributed by atoms with van der Waals surface area (Å²) in [6.45, 7) is 3.60. The maximum absolute atomic E-state index is 10.9. The fraction of sp³-hybridized carbons (Fsp3) is 0.154. The number of aromatic carboxylic acids is 1. The fourth-order valence-corrected chi connectivity index (χ4v) is 1.57. The van der Waals surface area contributed by atoms with Gasteiger partial charge in [0.05, 0.1) is 17.0 Å². The van der Waals surface area contributed by atoms with E-state index >= 15 is 0 Å². The summed E-state index contributed by atoms with van der Waals surface area (Å²) in [6.07, 6.45) is 1.73. The predicted octanol–water partition coefficient (Wildman–Crippen LogP) is 2.46. The average Bonchev–Trinajstić information content (AvgIpc) is 2.29. The number of pyridine rings is 2. The van der Waals surface area contributed by atoms with E-state index in [1.807, 2.05) is 19.1 Å². The molecule has 2 aromatic rings. The number of hydrogen-bond donors (Lipinski definition) is 1. The summed E-state index contributed by atoms with van der Waals surface area (Å²) in [5, 5.41) is 8.91. The molecule has 4 heteroatoms.